The third-order valence-corrected chi connectivity index (χ3v) is 8.14. The molecule has 3 atom stereocenters. The maximum atomic E-state index is 12.6. The van der Waals surface area contributed by atoms with E-state index in [1.807, 2.05) is 0 Å². The first kappa shape index (κ1) is 24.8. The van der Waals surface area contributed by atoms with Crippen LogP contribution in [0.2, 0.25) is 0 Å². The number of hydrogen-bond acceptors (Lipinski definition) is 7. The summed E-state index contributed by atoms with van der Waals surface area (Å²) in [6, 6.07) is 3.30. The molecule has 1 aromatic rings. The summed E-state index contributed by atoms with van der Waals surface area (Å²) >= 11 is 0. The van der Waals surface area contributed by atoms with Crippen molar-refractivity contribution in [2.24, 2.45) is 11.8 Å². The van der Waals surface area contributed by atoms with Crippen LogP contribution in [0.25, 0.3) is 0 Å². The number of nitrogens with one attached hydrogen (secondary N) is 1. The van der Waals surface area contributed by atoms with Crippen molar-refractivity contribution in [3.05, 3.63) is 23.8 Å². The van der Waals surface area contributed by atoms with E-state index >= 15 is 0 Å². The normalized spacial score (nSPS) is 21.7. The van der Waals surface area contributed by atoms with E-state index in [4.69, 9.17) is 4.74 Å². The number of hydrogen-bond donors (Lipinski definition) is 1. The molecule has 11 heteroatoms. The van der Waals surface area contributed by atoms with Gasteiger partial charge < -0.3 is 10.1 Å². The molecule has 1 aromatic carbocycles. The average Bonchev–Trinajstić information content (AvgIpc) is 3.03. The lowest BCUT2D eigenvalue weighted by Gasteiger charge is -2.21. The van der Waals surface area contributed by atoms with Crippen molar-refractivity contribution < 1.29 is 32.3 Å². The summed E-state index contributed by atoms with van der Waals surface area (Å²) < 4.78 is 31.0. The molecule has 1 aliphatic carbocycles. The van der Waals surface area contributed by atoms with Crippen LogP contribution < -0.4 is 5.32 Å². The monoisotopic (exact) mass is 479 g/mol. The number of imide groups is 1. The van der Waals surface area contributed by atoms with Gasteiger partial charge in [-0.05, 0) is 44.4 Å². The fourth-order valence-electron chi connectivity index (χ4n) is 4.28. The fraction of sp³-hybridized carbons (Fsp3) is 0.545. The van der Waals surface area contributed by atoms with E-state index in [0.717, 1.165) is 22.0 Å². The van der Waals surface area contributed by atoms with Crippen LogP contribution in [0.3, 0.4) is 0 Å². The van der Waals surface area contributed by atoms with Crippen LogP contribution in [0, 0.1) is 18.8 Å². The van der Waals surface area contributed by atoms with Gasteiger partial charge in [0.2, 0.25) is 21.8 Å². The highest BCUT2D eigenvalue weighted by atomic mass is 32.2. The lowest BCUT2D eigenvalue weighted by atomic mass is 9.81. The molecular weight excluding hydrogens is 450 g/mol. The Labute approximate surface area is 193 Å². The molecule has 180 valence electrons. The van der Waals surface area contributed by atoms with Gasteiger partial charge in [-0.2, -0.15) is 0 Å². The summed E-state index contributed by atoms with van der Waals surface area (Å²) in [6.07, 6.45) is 3.03. The fourth-order valence-corrected chi connectivity index (χ4v) is 5.43. The number of ether oxygens (including phenoxy) is 1. The molecule has 1 N–H and O–H groups in total. The maximum Gasteiger partial charge on any atom is 0.329 e. The topological polar surface area (TPSA) is 130 Å². The Morgan fingerprint density at radius 3 is 2.27 bits per heavy atom. The highest BCUT2D eigenvalue weighted by Gasteiger charge is 2.51. The molecule has 0 aromatic heterocycles. The van der Waals surface area contributed by atoms with E-state index in [0.29, 0.717) is 18.4 Å². The van der Waals surface area contributed by atoms with Crippen molar-refractivity contribution in [1.82, 2.24) is 9.21 Å². The van der Waals surface area contributed by atoms with Gasteiger partial charge in [-0.1, -0.05) is 18.9 Å². The molecule has 1 heterocycles. The van der Waals surface area contributed by atoms with Crippen LogP contribution in [0.5, 0.6) is 0 Å². The second-order valence-electron chi connectivity index (χ2n) is 8.64. The molecule has 10 nitrogen and oxygen atoms in total. The SMILES string of the molecule is Cc1ccc(NC(=O)COC(=O)C(C)N2C(=O)C3CCCCC3C2=O)cc1S(=O)(=O)N(C)C. The molecule has 0 spiro atoms. The highest BCUT2D eigenvalue weighted by Crippen LogP contribution is 2.38. The second-order valence-corrected chi connectivity index (χ2v) is 10.8. The first-order valence-corrected chi connectivity index (χ1v) is 12.3. The minimum atomic E-state index is -3.70. The predicted octanol–water partition coefficient (Wildman–Crippen LogP) is 1.29. The zero-order chi connectivity index (χ0) is 24.5. The zero-order valence-corrected chi connectivity index (χ0v) is 20.0. The molecule has 3 unspecified atom stereocenters. The van der Waals surface area contributed by atoms with Crippen LogP contribution in [-0.2, 0) is 33.9 Å². The Hall–Kier alpha value is -2.79. The number of rotatable bonds is 7. The van der Waals surface area contributed by atoms with Gasteiger partial charge in [0.05, 0.1) is 16.7 Å². The number of aryl methyl sites for hydroxylation is 1. The van der Waals surface area contributed by atoms with E-state index in [1.54, 1.807) is 13.0 Å². The molecule has 1 saturated carbocycles. The second kappa shape index (κ2) is 9.60. The lowest BCUT2D eigenvalue weighted by molar-refractivity contribution is -0.159. The van der Waals surface area contributed by atoms with Crippen molar-refractivity contribution in [1.29, 1.82) is 0 Å². The summed E-state index contributed by atoms with van der Waals surface area (Å²) in [4.78, 5) is 51.0. The number of carbonyl (C=O) groups excluding carboxylic acids is 4. The summed E-state index contributed by atoms with van der Waals surface area (Å²) in [7, 11) is -0.888. The van der Waals surface area contributed by atoms with E-state index in [1.165, 1.54) is 33.2 Å². The molecule has 2 fully saturated rings. The predicted molar refractivity (Wildman–Crippen MR) is 118 cm³/mol. The number of carbonyl (C=O) groups is 4. The highest BCUT2D eigenvalue weighted by molar-refractivity contribution is 7.89. The number of benzene rings is 1. The van der Waals surface area contributed by atoms with Crippen molar-refractivity contribution in [3.8, 4) is 0 Å². The molecule has 1 saturated heterocycles. The summed E-state index contributed by atoms with van der Waals surface area (Å²) in [5, 5.41) is 2.50. The molecule has 3 amide bonds. The molecule has 0 bridgehead atoms. The van der Waals surface area contributed by atoms with Crippen LogP contribution in [0.15, 0.2) is 23.1 Å². The van der Waals surface area contributed by atoms with Gasteiger partial charge in [0, 0.05) is 19.8 Å². The van der Waals surface area contributed by atoms with Crippen molar-refractivity contribution in [3.63, 3.8) is 0 Å². The number of esters is 1. The lowest BCUT2D eigenvalue weighted by Crippen LogP contribution is -2.45. The van der Waals surface area contributed by atoms with Crippen LogP contribution in [0.4, 0.5) is 5.69 Å². The van der Waals surface area contributed by atoms with E-state index < -0.39 is 34.5 Å². The van der Waals surface area contributed by atoms with E-state index in [-0.39, 0.29) is 34.2 Å². The molecule has 33 heavy (non-hydrogen) atoms. The van der Waals surface area contributed by atoms with Gasteiger partial charge in [-0.3, -0.25) is 19.3 Å². The third-order valence-electron chi connectivity index (χ3n) is 6.18. The first-order chi connectivity index (χ1) is 15.4. The molecule has 1 aliphatic heterocycles. The molecule has 3 rings (SSSR count). The van der Waals surface area contributed by atoms with Gasteiger partial charge >= 0.3 is 5.97 Å². The first-order valence-electron chi connectivity index (χ1n) is 10.8. The Kier molecular flexibility index (Phi) is 7.23. The minimum Gasteiger partial charge on any atom is -0.454 e. The third kappa shape index (κ3) is 4.93. The van der Waals surface area contributed by atoms with E-state index in [9.17, 15) is 27.6 Å². The van der Waals surface area contributed by atoms with Gasteiger partial charge in [0.1, 0.15) is 6.04 Å². The largest absolute Gasteiger partial charge is 0.454 e. The molecule has 2 aliphatic rings. The number of anilines is 1. The van der Waals surface area contributed by atoms with Crippen LogP contribution >= 0.6 is 0 Å². The summed E-state index contributed by atoms with van der Waals surface area (Å²) in [5.74, 6) is -3.00. The minimum absolute atomic E-state index is 0.0449. The Morgan fingerprint density at radius 1 is 1.15 bits per heavy atom. The smallest absolute Gasteiger partial charge is 0.329 e. The standard InChI is InChI=1S/C22H29N3O7S/c1-13-9-10-15(11-18(13)33(30,31)24(3)4)23-19(26)12-32-22(29)14(2)25-20(27)16-7-5-6-8-17(16)21(25)28/h9-11,14,16-17H,5-8,12H2,1-4H3,(H,23,26). The van der Waals surface area contributed by atoms with Gasteiger partial charge in [-0.15, -0.1) is 0 Å². The zero-order valence-electron chi connectivity index (χ0n) is 19.2. The quantitative estimate of drug-likeness (QED) is 0.461. The maximum absolute atomic E-state index is 12.6. The van der Waals surface area contributed by atoms with Crippen molar-refractivity contribution in [2.45, 2.75) is 50.5 Å². The summed E-state index contributed by atoms with van der Waals surface area (Å²) in [6.45, 7) is 2.41. The average molecular weight is 480 g/mol. The molecular formula is C22H29N3O7S. The van der Waals surface area contributed by atoms with Gasteiger partial charge in [0.25, 0.3) is 5.91 Å². The Morgan fingerprint density at radius 2 is 1.73 bits per heavy atom. The van der Waals surface area contributed by atoms with Gasteiger partial charge in [-0.25, -0.2) is 17.5 Å². The number of fused-ring (bicyclic) bond motifs is 1. The van der Waals surface area contributed by atoms with Crippen molar-refractivity contribution in [2.75, 3.05) is 26.0 Å². The Bertz CT molecular complexity index is 1060. The van der Waals surface area contributed by atoms with E-state index in [2.05, 4.69) is 5.32 Å². The molecule has 0 radical (unpaired) electrons. The number of sulfonamides is 1. The van der Waals surface area contributed by atoms with Crippen LogP contribution in [-0.4, -0.2) is 68.1 Å². The number of amides is 3. The van der Waals surface area contributed by atoms with Gasteiger partial charge in [0.15, 0.2) is 6.61 Å². The number of nitrogens with zero attached hydrogens (tertiary/aromatic N) is 2. The number of likely N-dealkylation sites (tertiary alicyclic amines) is 1. The summed E-state index contributed by atoms with van der Waals surface area (Å²) in [5.41, 5.74) is 0.742. The van der Waals surface area contributed by atoms with Crippen LogP contribution in [0.1, 0.15) is 38.2 Å². The van der Waals surface area contributed by atoms with Crippen molar-refractivity contribution >= 4 is 39.4 Å². The Balaban J connectivity index is 1.60.